The number of rotatable bonds is 3. The van der Waals surface area contributed by atoms with E-state index >= 15 is 0 Å². The second-order valence-corrected chi connectivity index (χ2v) is 2.35. The van der Waals surface area contributed by atoms with Gasteiger partial charge in [-0.2, -0.15) is 0 Å². The summed E-state index contributed by atoms with van der Waals surface area (Å²) < 4.78 is 9.58. The molecule has 0 amide bonds. The highest BCUT2D eigenvalue weighted by Gasteiger charge is 2.13. The summed E-state index contributed by atoms with van der Waals surface area (Å²) in [5.74, 6) is -0.325. The molecule has 0 bridgehead atoms. The molecule has 0 N–H and O–H groups in total. The van der Waals surface area contributed by atoms with Crippen molar-refractivity contribution in [2.45, 2.75) is 33.0 Å². The van der Waals surface area contributed by atoms with Gasteiger partial charge in [0.2, 0.25) is 0 Å². The Bertz CT molecular complexity index is 109. The van der Waals surface area contributed by atoms with Crippen molar-refractivity contribution < 1.29 is 14.3 Å². The molecule has 0 radical (unpaired) electrons. The molecule has 3 nitrogen and oxygen atoms in total. The summed E-state index contributed by atoms with van der Waals surface area (Å²) in [4.78, 5) is 10.7. The predicted molar refractivity (Wildman–Crippen MR) is 37.7 cm³/mol. The van der Waals surface area contributed by atoms with Crippen molar-refractivity contribution in [2.24, 2.45) is 0 Å². The normalized spacial score (nSPS) is 13.3. The molecule has 0 heterocycles. The van der Waals surface area contributed by atoms with Gasteiger partial charge in [0.15, 0.2) is 6.10 Å². The molecule has 1 atom stereocenters. The minimum Gasteiger partial charge on any atom is -0.467 e. The van der Waals surface area contributed by atoms with Gasteiger partial charge in [-0.1, -0.05) is 0 Å². The van der Waals surface area contributed by atoms with Gasteiger partial charge in [0.1, 0.15) is 0 Å². The van der Waals surface area contributed by atoms with Crippen molar-refractivity contribution in [3.63, 3.8) is 0 Å². The number of ether oxygens (including phenoxy) is 2. The Hall–Kier alpha value is -0.570. The molecule has 0 aromatic rings. The van der Waals surface area contributed by atoms with Crippen LogP contribution < -0.4 is 0 Å². The van der Waals surface area contributed by atoms with E-state index in [0.29, 0.717) is 0 Å². The molecule has 0 fully saturated rings. The number of carbonyl (C=O) groups is 1. The standard InChI is InChI=1S/C7H14O3/c1-5(2)10-6(3)7(8)9-4/h5-6H,1-4H3/t6-/m1/s1. The Morgan fingerprint density at radius 1 is 1.30 bits per heavy atom. The number of hydrogen-bond donors (Lipinski definition) is 0. The molecular weight excluding hydrogens is 132 g/mol. The zero-order valence-corrected chi connectivity index (χ0v) is 6.88. The molecule has 0 aliphatic rings. The van der Waals surface area contributed by atoms with E-state index in [-0.39, 0.29) is 12.1 Å². The molecular formula is C7H14O3. The molecule has 0 aliphatic heterocycles. The Labute approximate surface area is 61.3 Å². The first-order valence-corrected chi connectivity index (χ1v) is 3.31. The van der Waals surface area contributed by atoms with E-state index < -0.39 is 6.10 Å². The molecule has 0 spiro atoms. The van der Waals surface area contributed by atoms with E-state index in [1.165, 1.54) is 7.11 Å². The minimum atomic E-state index is -0.454. The molecule has 0 saturated heterocycles. The van der Waals surface area contributed by atoms with E-state index in [0.717, 1.165) is 0 Å². The molecule has 0 aromatic carbocycles. The summed E-state index contributed by atoms with van der Waals surface area (Å²) in [6, 6.07) is 0. The quantitative estimate of drug-likeness (QED) is 0.556. The van der Waals surface area contributed by atoms with Crippen LogP contribution >= 0.6 is 0 Å². The van der Waals surface area contributed by atoms with E-state index in [9.17, 15) is 4.79 Å². The van der Waals surface area contributed by atoms with Crippen LogP contribution in [0.5, 0.6) is 0 Å². The van der Waals surface area contributed by atoms with Gasteiger partial charge < -0.3 is 9.47 Å². The lowest BCUT2D eigenvalue weighted by molar-refractivity contribution is -0.155. The largest absolute Gasteiger partial charge is 0.467 e. The van der Waals surface area contributed by atoms with Crippen LogP contribution in [0.25, 0.3) is 0 Å². The first-order chi connectivity index (χ1) is 4.57. The lowest BCUT2D eigenvalue weighted by atomic mass is 10.4. The van der Waals surface area contributed by atoms with Crippen LogP contribution in [0.15, 0.2) is 0 Å². The zero-order valence-electron chi connectivity index (χ0n) is 6.88. The van der Waals surface area contributed by atoms with Crippen LogP contribution in [0.4, 0.5) is 0 Å². The SMILES string of the molecule is COC(=O)[C@@H](C)OC(C)C. The van der Waals surface area contributed by atoms with Crippen molar-refractivity contribution in [1.29, 1.82) is 0 Å². The minimum absolute atomic E-state index is 0.0640. The van der Waals surface area contributed by atoms with Crippen molar-refractivity contribution in [3.05, 3.63) is 0 Å². The Balaban J connectivity index is 3.61. The highest BCUT2D eigenvalue weighted by Crippen LogP contribution is 1.97. The number of carbonyl (C=O) groups excluding carboxylic acids is 1. The summed E-state index contributed by atoms with van der Waals surface area (Å²) >= 11 is 0. The van der Waals surface area contributed by atoms with Crippen LogP contribution in [0.2, 0.25) is 0 Å². The van der Waals surface area contributed by atoms with E-state index in [2.05, 4.69) is 4.74 Å². The maximum Gasteiger partial charge on any atom is 0.334 e. The third-order valence-corrected chi connectivity index (χ3v) is 1.01. The summed E-state index contributed by atoms with van der Waals surface area (Å²) in [5.41, 5.74) is 0. The smallest absolute Gasteiger partial charge is 0.334 e. The fourth-order valence-corrected chi connectivity index (χ4v) is 0.630. The maximum atomic E-state index is 10.7. The number of hydrogen-bond acceptors (Lipinski definition) is 3. The predicted octanol–water partition coefficient (Wildman–Crippen LogP) is 0.973. The number of esters is 1. The van der Waals surface area contributed by atoms with Gasteiger partial charge in [0.05, 0.1) is 13.2 Å². The highest BCUT2D eigenvalue weighted by molar-refractivity contribution is 5.73. The lowest BCUT2D eigenvalue weighted by Gasteiger charge is -2.12. The van der Waals surface area contributed by atoms with Gasteiger partial charge in [-0.05, 0) is 20.8 Å². The van der Waals surface area contributed by atoms with Gasteiger partial charge in [0, 0.05) is 0 Å². The third-order valence-electron chi connectivity index (χ3n) is 1.01. The van der Waals surface area contributed by atoms with Crippen molar-refractivity contribution in [2.75, 3.05) is 7.11 Å². The monoisotopic (exact) mass is 146 g/mol. The summed E-state index contributed by atoms with van der Waals surface area (Å²) in [5, 5.41) is 0. The summed E-state index contributed by atoms with van der Waals surface area (Å²) in [6.07, 6.45) is -0.390. The molecule has 0 saturated carbocycles. The van der Waals surface area contributed by atoms with Crippen molar-refractivity contribution >= 4 is 5.97 Å². The fourth-order valence-electron chi connectivity index (χ4n) is 0.630. The Morgan fingerprint density at radius 2 is 1.80 bits per heavy atom. The van der Waals surface area contributed by atoms with Gasteiger partial charge in [-0.3, -0.25) is 0 Å². The highest BCUT2D eigenvalue weighted by atomic mass is 16.6. The van der Waals surface area contributed by atoms with Gasteiger partial charge in [0.25, 0.3) is 0 Å². The van der Waals surface area contributed by atoms with Crippen LogP contribution in [0.1, 0.15) is 20.8 Å². The molecule has 10 heavy (non-hydrogen) atoms. The van der Waals surface area contributed by atoms with Gasteiger partial charge in [-0.15, -0.1) is 0 Å². The van der Waals surface area contributed by atoms with Gasteiger partial charge in [-0.25, -0.2) is 4.79 Å². The van der Waals surface area contributed by atoms with Crippen molar-refractivity contribution in [3.8, 4) is 0 Å². The Morgan fingerprint density at radius 3 is 2.10 bits per heavy atom. The lowest BCUT2D eigenvalue weighted by Crippen LogP contribution is -2.24. The topological polar surface area (TPSA) is 35.5 Å². The average molecular weight is 146 g/mol. The van der Waals surface area contributed by atoms with Crippen LogP contribution in [-0.4, -0.2) is 25.3 Å². The molecule has 0 aliphatic carbocycles. The van der Waals surface area contributed by atoms with E-state index in [1.54, 1.807) is 6.92 Å². The maximum absolute atomic E-state index is 10.7. The fraction of sp³-hybridized carbons (Fsp3) is 0.857. The van der Waals surface area contributed by atoms with E-state index in [1.807, 2.05) is 13.8 Å². The second-order valence-electron chi connectivity index (χ2n) is 2.35. The zero-order chi connectivity index (χ0) is 8.15. The molecule has 3 heteroatoms. The van der Waals surface area contributed by atoms with E-state index in [4.69, 9.17) is 4.74 Å². The number of methoxy groups -OCH3 is 1. The summed E-state index contributed by atoms with van der Waals surface area (Å²) in [6.45, 7) is 5.42. The van der Waals surface area contributed by atoms with Crippen LogP contribution in [0, 0.1) is 0 Å². The first kappa shape index (κ1) is 9.43. The van der Waals surface area contributed by atoms with Crippen LogP contribution in [0.3, 0.4) is 0 Å². The molecule has 0 unspecified atom stereocenters. The third kappa shape index (κ3) is 3.45. The first-order valence-electron chi connectivity index (χ1n) is 3.31. The molecule has 0 aromatic heterocycles. The van der Waals surface area contributed by atoms with Gasteiger partial charge >= 0.3 is 5.97 Å². The summed E-state index contributed by atoms with van der Waals surface area (Å²) in [7, 11) is 1.35. The van der Waals surface area contributed by atoms with Crippen LogP contribution in [-0.2, 0) is 14.3 Å². The molecule has 0 rings (SSSR count). The second kappa shape index (κ2) is 4.28. The average Bonchev–Trinajstić information content (AvgIpc) is 1.85. The van der Waals surface area contributed by atoms with Crippen molar-refractivity contribution in [1.82, 2.24) is 0 Å². The molecule has 60 valence electrons. The Kier molecular flexibility index (Phi) is 4.03.